The van der Waals surface area contributed by atoms with Crippen molar-refractivity contribution in [3.05, 3.63) is 51.5 Å². The highest BCUT2D eigenvalue weighted by atomic mass is 19.4. The Bertz CT molecular complexity index is 1050. The van der Waals surface area contributed by atoms with Gasteiger partial charge in [0.25, 0.3) is 5.56 Å². The lowest BCUT2D eigenvalue weighted by Crippen LogP contribution is -2.16. The topological polar surface area (TPSA) is 76.5 Å². The van der Waals surface area contributed by atoms with E-state index in [0.29, 0.717) is 34.7 Å². The van der Waals surface area contributed by atoms with Gasteiger partial charge in [-0.15, -0.1) is 0 Å². The van der Waals surface area contributed by atoms with Crippen molar-refractivity contribution in [3.8, 4) is 0 Å². The zero-order valence-corrected chi connectivity index (χ0v) is 14.8. The quantitative estimate of drug-likeness (QED) is 0.752. The molecular formula is C18H18F3N5O. The number of aryl methyl sites for hydroxylation is 1. The van der Waals surface area contributed by atoms with Gasteiger partial charge in [-0.05, 0) is 38.3 Å². The van der Waals surface area contributed by atoms with Crippen molar-refractivity contribution < 1.29 is 13.2 Å². The van der Waals surface area contributed by atoms with Gasteiger partial charge in [-0.3, -0.25) is 9.78 Å². The summed E-state index contributed by atoms with van der Waals surface area (Å²) in [6.07, 6.45) is -1.12. The fourth-order valence-electron chi connectivity index (χ4n) is 3.32. The molecule has 0 aliphatic heterocycles. The summed E-state index contributed by atoms with van der Waals surface area (Å²) < 4.78 is 40.1. The minimum Gasteiger partial charge on any atom is -0.310 e. The van der Waals surface area contributed by atoms with Gasteiger partial charge < -0.3 is 4.98 Å². The van der Waals surface area contributed by atoms with Crippen LogP contribution < -0.4 is 5.56 Å². The van der Waals surface area contributed by atoms with Gasteiger partial charge in [0, 0.05) is 12.1 Å². The van der Waals surface area contributed by atoms with Gasteiger partial charge in [0.15, 0.2) is 5.65 Å². The van der Waals surface area contributed by atoms with Gasteiger partial charge in [-0.1, -0.05) is 6.92 Å². The Labute approximate surface area is 152 Å². The molecule has 0 aromatic carbocycles. The fraction of sp³-hybridized carbons (Fsp3) is 0.444. The molecule has 1 unspecified atom stereocenters. The Morgan fingerprint density at radius 2 is 2.07 bits per heavy atom. The molecule has 4 rings (SSSR count). The van der Waals surface area contributed by atoms with E-state index in [9.17, 15) is 18.0 Å². The number of nitrogens with one attached hydrogen (secondary N) is 1. The zero-order chi connectivity index (χ0) is 19.3. The predicted molar refractivity (Wildman–Crippen MR) is 92.5 cm³/mol. The first kappa shape index (κ1) is 17.7. The van der Waals surface area contributed by atoms with Crippen molar-refractivity contribution in [1.82, 2.24) is 24.7 Å². The lowest BCUT2D eigenvalue weighted by atomic mass is 10.1. The molecule has 1 atom stereocenters. The van der Waals surface area contributed by atoms with E-state index < -0.39 is 17.8 Å². The Morgan fingerprint density at radius 3 is 2.63 bits per heavy atom. The Hall–Kier alpha value is -2.71. The molecule has 3 heterocycles. The van der Waals surface area contributed by atoms with E-state index >= 15 is 0 Å². The standard InChI is InChI=1S/C18H18F3N5O/c1-3-13(12-7-6-11(8-22-12)18(19,20)21)26-16-14(15(25-26)10-4-5-10)17(27)24-9(2)23-16/h6-8,10,13H,3-5H2,1-2H3,(H,23,24,27). The summed E-state index contributed by atoms with van der Waals surface area (Å²) in [7, 11) is 0. The van der Waals surface area contributed by atoms with Crippen molar-refractivity contribution in [3.63, 3.8) is 0 Å². The Balaban J connectivity index is 1.85. The van der Waals surface area contributed by atoms with Crippen LogP contribution in [0.1, 0.15) is 60.9 Å². The van der Waals surface area contributed by atoms with Crippen LogP contribution in [0.5, 0.6) is 0 Å². The molecule has 0 saturated heterocycles. The molecule has 0 bridgehead atoms. The summed E-state index contributed by atoms with van der Waals surface area (Å²) in [5, 5.41) is 5.11. The third-order valence-electron chi connectivity index (χ3n) is 4.81. The van der Waals surface area contributed by atoms with E-state index in [1.165, 1.54) is 6.07 Å². The summed E-state index contributed by atoms with van der Waals surface area (Å²) in [5.41, 5.74) is 0.587. The van der Waals surface area contributed by atoms with E-state index in [2.05, 4.69) is 20.1 Å². The zero-order valence-electron chi connectivity index (χ0n) is 14.8. The second kappa shape index (κ2) is 6.17. The maximum absolute atomic E-state index is 12.8. The van der Waals surface area contributed by atoms with Crippen LogP contribution in [0.25, 0.3) is 11.0 Å². The number of rotatable bonds is 4. The predicted octanol–water partition coefficient (Wildman–Crippen LogP) is 3.72. The van der Waals surface area contributed by atoms with Crippen molar-refractivity contribution in [2.45, 2.75) is 51.2 Å². The second-order valence-electron chi connectivity index (χ2n) is 6.85. The molecule has 6 nitrogen and oxygen atoms in total. The first-order valence-electron chi connectivity index (χ1n) is 8.81. The number of aromatic amines is 1. The van der Waals surface area contributed by atoms with Crippen LogP contribution in [0.4, 0.5) is 13.2 Å². The minimum absolute atomic E-state index is 0.234. The van der Waals surface area contributed by atoms with Gasteiger partial charge in [-0.25, -0.2) is 9.67 Å². The van der Waals surface area contributed by atoms with E-state index in [0.717, 1.165) is 25.1 Å². The largest absolute Gasteiger partial charge is 0.417 e. The highest BCUT2D eigenvalue weighted by Gasteiger charge is 2.34. The molecule has 27 heavy (non-hydrogen) atoms. The summed E-state index contributed by atoms with van der Waals surface area (Å²) in [6.45, 7) is 3.58. The van der Waals surface area contributed by atoms with Crippen LogP contribution in [-0.2, 0) is 6.18 Å². The van der Waals surface area contributed by atoms with Crippen molar-refractivity contribution in [1.29, 1.82) is 0 Å². The Kier molecular flexibility index (Phi) is 4.05. The van der Waals surface area contributed by atoms with Crippen molar-refractivity contribution >= 4 is 11.0 Å². The molecule has 1 aliphatic rings. The highest BCUT2D eigenvalue weighted by Crippen LogP contribution is 2.42. The molecule has 3 aromatic rings. The fourth-order valence-corrected chi connectivity index (χ4v) is 3.32. The highest BCUT2D eigenvalue weighted by molar-refractivity contribution is 5.78. The third-order valence-corrected chi connectivity index (χ3v) is 4.81. The third kappa shape index (κ3) is 3.11. The SMILES string of the molecule is CCC(c1ccc(C(F)(F)F)cn1)n1nc(C2CC2)c2c(=O)[nH]c(C)nc21. The average molecular weight is 377 g/mol. The summed E-state index contributed by atoms with van der Waals surface area (Å²) in [6, 6.07) is 1.97. The first-order chi connectivity index (χ1) is 12.8. The van der Waals surface area contributed by atoms with E-state index in [1.807, 2.05) is 6.92 Å². The van der Waals surface area contributed by atoms with Crippen LogP contribution in [0.2, 0.25) is 0 Å². The van der Waals surface area contributed by atoms with E-state index in [1.54, 1.807) is 11.6 Å². The van der Waals surface area contributed by atoms with Crippen LogP contribution >= 0.6 is 0 Å². The average Bonchev–Trinajstić information content (AvgIpc) is 3.38. The van der Waals surface area contributed by atoms with Crippen molar-refractivity contribution in [2.75, 3.05) is 0 Å². The molecule has 0 radical (unpaired) electrons. The van der Waals surface area contributed by atoms with Crippen LogP contribution in [0, 0.1) is 6.92 Å². The summed E-state index contributed by atoms with van der Waals surface area (Å²) in [5.74, 6) is 0.698. The number of pyridine rings is 1. The lowest BCUT2D eigenvalue weighted by molar-refractivity contribution is -0.137. The van der Waals surface area contributed by atoms with Crippen molar-refractivity contribution in [2.24, 2.45) is 0 Å². The molecule has 1 fully saturated rings. The van der Waals surface area contributed by atoms with Gasteiger partial charge in [0.1, 0.15) is 11.2 Å². The number of fused-ring (bicyclic) bond motifs is 1. The van der Waals surface area contributed by atoms with Crippen LogP contribution in [-0.4, -0.2) is 24.7 Å². The van der Waals surface area contributed by atoms with E-state index in [4.69, 9.17) is 0 Å². The smallest absolute Gasteiger partial charge is 0.310 e. The molecule has 3 aromatic heterocycles. The number of nitrogens with zero attached hydrogens (tertiary/aromatic N) is 4. The van der Waals surface area contributed by atoms with Gasteiger partial charge in [0.2, 0.25) is 0 Å². The number of halogens is 3. The monoisotopic (exact) mass is 377 g/mol. The normalized spacial score (nSPS) is 16.0. The number of aromatic nitrogens is 5. The molecule has 9 heteroatoms. The van der Waals surface area contributed by atoms with Crippen LogP contribution in [0.3, 0.4) is 0 Å². The number of alkyl halides is 3. The number of H-pyrrole nitrogens is 1. The molecule has 1 saturated carbocycles. The maximum atomic E-state index is 12.8. The van der Waals surface area contributed by atoms with Gasteiger partial charge >= 0.3 is 6.18 Å². The minimum atomic E-state index is -4.43. The molecule has 1 aliphatic carbocycles. The lowest BCUT2D eigenvalue weighted by Gasteiger charge is -2.16. The summed E-state index contributed by atoms with van der Waals surface area (Å²) >= 11 is 0. The van der Waals surface area contributed by atoms with Gasteiger partial charge in [-0.2, -0.15) is 18.3 Å². The summed E-state index contributed by atoms with van der Waals surface area (Å²) in [4.78, 5) is 23.7. The Morgan fingerprint density at radius 1 is 1.33 bits per heavy atom. The van der Waals surface area contributed by atoms with Gasteiger partial charge in [0.05, 0.1) is 23.0 Å². The second-order valence-corrected chi connectivity index (χ2v) is 6.85. The van der Waals surface area contributed by atoms with Crippen LogP contribution in [0.15, 0.2) is 23.1 Å². The molecule has 1 N–H and O–H groups in total. The molecular weight excluding hydrogens is 359 g/mol. The number of hydrogen-bond donors (Lipinski definition) is 1. The maximum Gasteiger partial charge on any atom is 0.417 e. The van der Waals surface area contributed by atoms with E-state index in [-0.39, 0.29) is 11.5 Å². The molecule has 0 amide bonds. The first-order valence-corrected chi connectivity index (χ1v) is 8.81. The number of hydrogen-bond acceptors (Lipinski definition) is 4. The molecule has 0 spiro atoms. The molecule has 142 valence electrons.